The highest BCUT2D eigenvalue weighted by Crippen LogP contribution is 2.11. The van der Waals surface area contributed by atoms with Crippen molar-refractivity contribution < 1.29 is 14.6 Å². The van der Waals surface area contributed by atoms with Crippen LogP contribution in [0.2, 0.25) is 0 Å². The lowest BCUT2D eigenvalue weighted by Gasteiger charge is -2.25. The average Bonchev–Trinajstić information content (AvgIpc) is 2.14. The molecule has 0 aromatic carbocycles. The van der Waals surface area contributed by atoms with Crippen molar-refractivity contribution in [2.24, 2.45) is 10.9 Å². The molecule has 1 saturated heterocycles. The number of hydrogen-bond acceptors (Lipinski definition) is 4. The fraction of sp³-hybridized carbons (Fsp3) is 0.818. The van der Waals surface area contributed by atoms with Crippen LogP contribution in [0.3, 0.4) is 0 Å². The predicted octanol–water partition coefficient (Wildman–Crippen LogP) is 0.963. The summed E-state index contributed by atoms with van der Waals surface area (Å²) in [4.78, 5) is 15.0. The first-order valence-electron chi connectivity index (χ1n) is 5.54. The van der Waals surface area contributed by atoms with E-state index in [0.29, 0.717) is 6.54 Å². The molecule has 0 bridgehead atoms. The Balaban J connectivity index is 2.43. The summed E-state index contributed by atoms with van der Waals surface area (Å²) in [7, 11) is 0. The zero-order chi connectivity index (χ0) is 12.2. The predicted molar refractivity (Wildman–Crippen MR) is 61.7 cm³/mol. The summed E-state index contributed by atoms with van der Waals surface area (Å²) in [6.07, 6.45) is 1.21. The average molecular weight is 228 g/mol. The second-order valence-corrected chi connectivity index (χ2v) is 4.98. The fourth-order valence-corrected chi connectivity index (χ4v) is 1.48. The van der Waals surface area contributed by atoms with E-state index in [2.05, 4.69) is 10.3 Å². The summed E-state index contributed by atoms with van der Waals surface area (Å²) < 4.78 is 5.03. The number of aliphatic imine (C=N–C) groups is 1. The summed E-state index contributed by atoms with van der Waals surface area (Å²) in [5.74, 6) is -0.0613. The van der Waals surface area contributed by atoms with Crippen LogP contribution >= 0.6 is 0 Å². The first-order chi connectivity index (χ1) is 7.38. The molecule has 2 atom stereocenters. The number of aliphatic hydroxyl groups is 1. The molecule has 1 aliphatic rings. The number of ether oxygens (including phenoxy) is 1. The number of rotatable bonds is 1. The number of carbonyl (C=O) groups excluding carboxylic acids is 1. The van der Waals surface area contributed by atoms with E-state index >= 15 is 0 Å². The quantitative estimate of drug-likeness (QED) is 0.656. The molecule has 0 saturated carbocycles. The molecule has 0 aromatic heterocycles. The minimum absolute atomic E-state index is 0.0613. The van der Waals surface area contributed by atoms with Gasteiger partial charge in [0.25, 0.3) is 0 Å². The Kier molecular flexibility index (Phi) is 4.44. The van der Waals surface area contributed by atoms with Crippen molar-refractivity contribution in [1.82, 2.24) is 5.32 Å². The maximum absolute atomic E-state index is 11.3. The molecule has 0 aromatic rings. The van der Waals surface area contributed by atoms with Crippen molar-refractivity contribution in [2.75, 3.05) is 13.1 Å². The van der Waals surface area contributed by atoms with Gasteiger partial charge in [-0.2, -0.15) is 4.99 Å². The highest BCUT2D eigenvalue weighted by Gasteiger charge is 2.22. The number of nitrogens with one attached hydrogen (secondary N) is 1. The minimum atomic E-state index is -0.599. The molecule has 0 spiro atoms. The molecular weight excluding hydrogens is 208 g/mol. The molecule has 1 amide bonds. The Morgan fingerprint density at radius 2 is 2.25 bits per heavy atom. The molecular formula is C11H20N2O3. The third-order valence-electron chi connectivity index (χ3n) is 2.27. The highest BCUT2D eigenvalue weighted by atomic mass is 16.6. The van der Waals surface area contributed by atoms with Gasteiger partial charge in [0.1, 0.15) is 5.60 Å². The van der Waals surface area contributed by atoms with E-state index in [0.717, 1.165) is 13.0 Å². The number of piperidine rings is 1. The molecule has 2 N–H and O–H groups in total. The minimum Gasteiger partial charge on any atom is -0.442 e. The molecule has 16 heavy (non-hydrogen) atoms. The van der Waals surface area contributed by atoms with E-state index in [1.54, 1.807) is 20.8 Å². The Morgan fingerprint density at radius 3 is 2.81 bits per heavy atom. The standard InChI is InChI=1S/C11H20N2O3/c1-11(2,3)16-10(15)13-6-8-4-5-12-7-9(8)14/h6,8-9,12,14H,4-5,7H2,1-3H3/t8?,9-/m0/s1. The summed E-state index contributed by atoms with van der Waals surface area (Å²) in [6.45, 7) is 6.76. The normalized spacial score (nSPS) is 27.0. The van der Waals surface area contributed by atoms with Crippen LogP contribution in [0.5, 0.6) is 0 Å². The van der Waals surface area contributed by atoms with Gasteiger partial charge in [0, 0.05) is 18.7 Å². The van der Waals surface area contributed by atoms with Crippen LogP contribution in [0.4, 0.5) is 4.79 Å². The van der Waals surface area contributed by atoms with Crippen molar-refractivity contribution in [2.45, 2.75) is 38.9 Å². The van der Waals surface area contributed by atoms with Crippen molar-refractivity contribution in [1.29, 1.82) is 0 Å². The molecule has 5 heteroatoms. The van der Waals surface area contributed by atoms with Crippen molar-refractivity contribution in [3.63, 3.8) is 0 Å². The fourth-order valence-electron chi connectivity index (χ4n) is 1.48. The molecule has 1 rings (SSSR count). The number of nitrogens with zero attached hydrogens (tertiary/aromatic N) is 1. The summed E-state index contributed by atoms with van der Waals surface area (Å²) in [5, 5.41) is 12.7. The van der Waals surface area contributed by atoms with E-state index in [1.165, 1.54) is 6.21 Å². The van der Waals surface area contributed by atoms with Gasteiger partial charge in [0.05, 0.1) is 6.10 Å². The number of hydrogen-bond donors (Lipinski definition) is 2. The second-order valence-electron chi connectivity index (χ2n) is 4.98. The van der Waals surface area contributed by atoms with Crippen LogP contribution in [0.1, 0.15) is 27.2 Å². The Labute approximate surface area is 95.9 Å². The zero-order valence-electron chi connectivity index (χ0n) is 10.1. The van der Waals surface area contributed by atoms with Gasteiger partial charge < -0.3 is 15.2 Å². The van der Waals surface area contributed by atoms with Crippen molar-refractivity contribution in [3.05, 3.63) is 0 Å². The maximum atomic E-state index is 11.3. The lowest BCUT2D eigenvalue weighted by molar-refractivity contribution is 0.0602. The lowest BCUT2D eigenvalue weighted by Crippen LogP contribution is -2.41. The van der Waals surface area contributed by atoms with Gasteiger partial charge in [-0.15, -0.1) is 0 Å². The van der Waals surface area contributed by atoms with Crippen LogP contribution in [0.25, 0.3) is 0 Å². The van der Waals surface area contributed by atoms with Gasteiger partial charge in [-0.1, -0.05) is 0 Å². The smallest absolute Gasteiger partial charge is 0.433 e. The molecule has 1 heterocycles. The van der Waals surface area contributed by atoms with E-state index in [4.69, 9.17) is 4.74 Å². The van der Waals surface area contributed by atoms with Gasteiger partial charge in [0.2, 0.25) is 0 Å². The topological polar surface area (TPSA) is 70.9 Å². The van der Waals surface area contributed by atoms with Gasteiger partial charge in [-0.25, -0.2) is 4.79 Å². The van der Waals surface area contributed by atoms with Crippen LogP contribution in [-0.4, -0.2) is 42.2 Å². The van der Waals surface area contributed by atoms with Gasteiger partial charge in [-0.05, 0) is 33.7 Å². The van der Waals surface area contributed by atoms with Crippen molar-refractivity contribution in [3.8, 4) is 0 Å². The van der Waals surface area contributed by atoms with E-state index in [9.17, 15) is 9.90 Å². The molecule has 1 fully saturated rings. The van der Waals surface area contributed by atoms with E-state index < -0.39 is 17.8 Å². The largest absolute Gasteiger partial charge is 0.442 e. The first kappa shape index (κ1) is 13.1. The van der Waals surface area contributed by atoms with E-state index in [-0.39, 0.29) is 5.92 Å². The monoisotopic (exact) mass is 228 g/mol. The van der Waals surface area contributed by atoms with Crippen LogP contribution in [0, 0.1) is 5.92 Å². The SMILES string of the molecule is CC(C)(C)OC(=O)N=CC1CCNC[C@@H]1O. The second kappa shape index (κ2) is 5.41. The van der Waals surface area contributed by atoms with Crippen LogP contribution < -0.4 is 5.32 Å². The number of carbonyl (C=O) groups is 1. The Hall–Kier alpha value is -0.940. The third kappa shape index (κ3) is 4.72. The number of β-amino-alcohol motifs (C(OH)–C–C–N with tert-alkyl or cyclic N) is 1. The number of amides is 1. The van der Waals surface area contributed by atoms with E-state index in [1.807, 2.05) is 0 Å². The maximum Gasteiger partial charge on any atom is 0.433 e. The van der Waals surface area contributed by atoms with Crippen LogP contribution in [0.15, 0.2) is 4.99 Å². The van der Waals surface area contributed by atoms with Crippen LogP contribution in [-0.2, 0) is 4.74 Å². The lowest BCUT2D eigenvalue weighted by atomic mass is 9.97. The van der Waals surface area contributed by atoms with Gasteiger partial charge in [-0.3, -0.25) is 0 Å². The summed E-state index contributed by atoms with van der Waals surface area (Å²) in [6, 6.07) is 0. The Bertz CT molecular complexity index is 271. The van der Waals surface area contributed by atoms with Gasteiger partial charge >= 0.3 is 6.09 Å². The zero-order valence-corrected chi connectivity index (χ0v) is 10.1. The molecule has 5 nitrogen and oxygen atoms in total. The molecule has 0 radical (unpaired) electrons. The summed E-state index contributed by atoms with van der Waals surface area (Å²) in [5.41, 5.74) is -0.527. The third-order valence-corrected chi connectivity index (χ3v) is 2.27. The molecule has 1 unspecified atom stereocenters. The summed E-state index contributed by atoms with van der Waals surface area (Å²) >= 11 is 0. The van der Waals surface area contributed by atoms with Crippen molar-refractivity contribution >= 4 is 12.3 Å². The molecule has 0 aliphatic carbocycles. The number of aliphatic hydroxyl groups excluding tert-OH is 1. The first-order valence-corrected chi connectivity index (χ1v) is 5.54. The Morgan fingerprint density at radius 1 is 1.56 bits per heavy atom. The highest BCUT2D eigenvalue weighted by molar-refractivity contribution is 5.80. The molecule has 1 aliphatic heterocycles. The molecule has 92 valence electrons. The van der Waals surface area contributed by atoms with Gasteiger partial charge in [0.15, 0.2) is 0 Å².